The fourth-order valence-electron chi connectivity index (χ4n) is 7.18. The first-order valence-electron chi connectivity index (χ1n) is 20.7. The van der Waals surface area contributed by atoms with Crippen LogP contribution in [0, 0.1) is 5.92 Å². The number of benzene rings is 1. The Kier molecular flexibility index (Phi) is 25.8. The normalized spacial score (nSPS) is 22.0. The van der Waals surface area contributed by atoms with Gasteiger partial charge in [0.15, 0.2) is 6.29 Å². The number of carbonyl (C=O) groups is 1. The third-order valence-corrected chi connectivity index (χ3v) is 10.5. The highest BCUT2D eigenvalue weighted by Crippen LogP contribution is 2.29. The van der Waals surface area contributed by atoms with Crippen molar-refractivity contribution in [3.05, 3.63) is 35.9 Å². The van der Waals surface area contributed by atoms with Gasteiger partial charge < -0.3 is 35.2 Å². The van der Waals surface area contributed by atoms with Gasteiger partial charge >= 0.3 is 0 Å². The maximum absolute atomic E-state index is 13.0. The molecule has 50 heavy (non-hydrogen) atoms. The molecule has 7 unspecified atom stereocenters. The Balaban J connectivity index is 1.72. The molecule has 1 aliphatic heterocycles. The van der Waals surface area contributed by atoms with E-state index in [0.29, 0.717) is 19.3 Å². The van der Waals surface area contributed by atoms with Crippen LogP contribution >= 0.6 is 0 Å². The van der Waals surface area contributed by atoms with Crippen molar-refractivity contribution in [2.24, 2.45) is 5.92 Å². The molecule has 1 aliphatic rings. The first kappa shape index (κ1) is 44.6. The average molecular weight is 706 g/mol. The van der Waals surface area contributed by atoms with Gasteiger partial charge in [-0.15, -0.1) is 0 Å². The lowest BCUT2D eigenvalue weighted by Crippen LogP contribution is -2.57. The summed E-state index contributed by atoms with van der Waals surface area (Å²) in [6.45, 7) is 3.72. The molecule has 8 heteroatoms. The zero-order valence-electron chi connectivity index (χ0n) is 31.8. The van der Waals surface area contributed by atoms with E-state index < -0.39 is 49.3 Å². The fraction of sp³-hybridized carbons (Fsp3) is 0.833. The minimum absolute atomic E-state index is 0.0243. The van der Waals surface area contributed by atoms with Crippen molar-refractivity contribution in [1.29, 1.82) is 0 Å². The molecule has 8 nitrogen and oxygen atoms in total. The lowest BCUT2D eigenvalue weighted by atomic mass is 9.89. The molecule has 0 radical (unpaired) electrons. The summed E-state index contributed by atoms with van der Waals surface area (Å²) in [6, 6.07) is 10.0. The molecule has 1 saturated heterocycles. The summed E-state index contributed by atoms with van der Waals surface area (Å²) >= 11 is 0. The molecule has 1 fully saturated rings. The number of aliphatic hydroxyl groups excluding tert-OH is 4. The minimum Gasteiger partial charge on any atom is -0.394 e. The standard InChI is InChI=1S/C42H75NO7/c1-3-5-6-7-8-9-10-11-12-13-16-19-25-30-37(45)36(33-49-42-35(4-2)40(47)41(48)38(32-44)50-42)43-39(46)31-26-20-17-14-15-18-22-27-34-28-23-21-24-29-34/h21,23-24,28-29,35-38,40-42,44-45,47-48H,3-20,22,25-27,30-33H2,1-2H3,(H,43,46). The van der Waals surface area contributed by atoms with Crippen LogP contribution in [0.25, 0.3) is 0 Å². The molecule has 0 spiro atoms. The summed E-state index contributed by atoms with van der Waals surface area (Å²) in [5.41, 5.74) is 1.40. The minimum atomic E-state index is -1.20. The summed E-state index contributed by atoms with van der Waals surface area (Å²) in [7, 11) is 0. The van der Waals surface area contributed by atoms with Crippen LogP contribution in [0.1, 0.15) is 167 Å². The predicted molar refractivity (Wildman–Crippen MR) is 203 cm³/mol. The third-order valence-electron chi connectivity index (χ3n) is 10.5. The summed E-state index contributed by atoms with van der Waals surface area (Å²) in [4.78, 5) is 13.0. The second kappa shape index (κ2) is 29.0. The Hall–Kier alpha value is -1.55. The van der Waals surface area contributed by atoms with E-state index in [-0.39, 0.29) is 12.5 Å². The number of hydrogen-bond acceptors (Lipinski definition) is 7. The zero-order chi connectivity index (χ0) is 36.2. The van der Waals surface area contributed by atoms with Gasteiger partial charge in [-0.1, -0.05) is 160 Å². The van der Waals surface area contributed by atoms with Crippen LogP contribution in [0.4, 0.5) is 0 Å². The van der Waals surface area contributed by atoms with E-state index in [2.05, 4.69) is 42.6 Å². The Morgan fingerprint density at radius 2 is 1.30 bits per heavy atom. The van der Waals surface area contributed by atoms with Crippen LogP contribution in [0.15, 0.2) is 30.3 Å². The Morgan fingerprint density at radius 1 is 0.760 bits per heavy atom. The first-order chi connectivity index (χ1) is 24.4. The van der Waals surface area contributed by atoms with Gasteiger partial charge in [0.2, 0.25) is 5.91 Å². The lowest BCUT2D eigenvalue weighted by molar-refractivity contribution is -0.288. The second-order valence-corrected chi connectivity index (χ2v) is 14.8. The smallest absolute Gasteiger partial charge is 0.220 e. The van der Waals surface area contributed by atoms with E-state index >= 15 is 0 Å². The third kappa shape index (κ3) is 19.3. The molecule has 0 aliphatic carbocycles. The van der Waals surface area contributed by atoms with Crippen molar-refractivity contribution in [1.82, 2.24) is 5.32 Å². The van der Waals surface area contributed by atoms with Crippen molar-refractivity contribution in [3.63, 3.8) is 0 Å². The van der Waals surface area contributed by atoms with E-state index in [9.17, 15) is 25.2 Å². The van der Waals surface area contributed by atoms with Crippen LogP contribution in [-0.2, 0) is 20.7 Å². The number of nitrogens with one attached hydrogen (secondary N) is 1. The Labute approximate surface area is 305 Å². The molecule has 2 rings (SSSR count). The Bertz CT molecular complexity index is 934. The summed E-state index contributed by atoms with van der Waals surface area (Å²) < 4.78 is 11.9. The van der Waals surface area contributed by atoms with Crippen LogP contribution in [0.2, 0.25) is 0 Å². The second-order valence-electron chi connectivity index (χ2n) is 14.8. The van der Waals surface area contributed by atoms with Crippen molar-refractivity contribution in [2.45, 2.75) is 205 Å². The maximum Gasteiger partial charge on any atom is 0.220 e. The van der Waals surface area contributed by atoms with Gasteiger partial charge in [-0.2, -0.15) is 0 Å². The van der Waals surface area contributed by atoms with Gasteiger partial charge in [0, 0.05) is 12.3 Å². The van der Waals surface area contributed by atoms with Crippen molar-refractivity contribution >= 4 is 5.91 Å². The van der Waals surface area contributed by atoms with E-state index in [4.69, 9.17) is 9.47 Å². The molecule has 7 atom stereocenters. The quantitative estimate of drug-likeness (QED) is 0.0493. The van der Waals surface area contributed by atoms with Crippen LogP contribution in [0.3, 0.4) is 0 Å². The SMILES string of the molecule is CCCCCCCCCCCCCCCC(O)C(COC1OC(CO)C(O)C(O)C1CC)NC(=O)CCCCCCCCCc1ccccc1. The molecule has 0 saturated carbocycles. The molecule has 1 aromatic carbocycles. The lowest BCUT2D eigenvalue weighted by Gasteiger charge is -2.42. The number of rotatable bonds is 31. The number of aryl methyl sites for hydroxylation is 1. The molecular formula is C42H75NO7. The van der Waals surface area contributed by atoms with E-state index in [0.717, 1.165) is 44.9 Å². The van der Waals surface area contributed by atoms with Gasteiger partial charge in [0.1, 0.15) is 12.2 Å². The molecule has 0 bridgehead atoms. The van der Waals surface area contributed by atoms with Gasteiger partial charge in [-0.25, -0.2) is 0 Å². The molecule has 1 heterocycles. The van der Waals surface area contributed by atoms with Crippen molar-refractivity contribution in [3.8, 4) is 0 Å². The number of aliphatic hydroxyl groups is 4. The first-order valence-corrected chi connectivity index (χ1v) is 20.7. The average Bonchev–Trinajstić information content (AvgIpc) is 3.12. The van der Waals surface area contributed by atoms with Crippen LogP contribution in [0.5, 0.6) is 0 Å². The predicted octanol–water partition coefficient (Wildman–Crippen LogP) is 8.16. The molecule has 5 N–H and O–H groups in total. The number of hydrogen-bond donors (Lipinski definition) is 5. The number of unbranched alkanes of at least 4 members (excludes halogenated alkanes) is 18. The Morgan fingerprint density at radius 3 is 1.86 bits per heavy atom. The monoisotopic (exact) mass is 706 g/mol. The fourth-order valence-corrected chi connectivity index (χ4v) is 7.18. The molecule has 1 aromatic rings. The molecule has 1 amide bonds. The summed E-state index contributed by atoms with van der Waals surface area (Å²) in [5, 5.41) is 44.8. The number of ether oxygens (including phenoxy) is 2. The highest BCUT2D eigenvalue weighted by atomic mass is 16.7. The van der Waals surface area contributed by atoms with E-state index in [1.807, 2.05) is 6.92 Å². The van der Waals surface area contributed by atoms with E-state index in [1.54, 1.807) is 0 Å². The molecule has 0 aromatic heterocycles. The maximum atomic E-state index is 13.0. The van der Waals surface area contributed by atoms with E-state index in [1.165, 1.54) is 95.5 Å². The van der Waals surface area contributed by atoms with Crippen LogP contribution < -0.4 is 5.32 Å². The zero-order valence-corrected chi connectivity index (χ0v) is 31.8. The number of carbonyl (C=O) groups excluding carboxylic acids is 1. The summed E-state index contributed by atoms with van der Waals surface area (Å²) in [6.07, 6.45) is 21.9. The highest BCUT2D eigenvalue weighted by Gasteiger charge is 2.44. The number of amides is 1. The largest absolute Gasteiger partial charge is 0.394 e. The van der Waals surface area contributed by atoms with Gasteiger partial charge in [-0.3, -0.25) is 4.79 Å². The van der Waals surface area contributed by atoms with Crippen molar-refractivity contribution in [2.75, 3.05) is 13.2 Å². The highest BCUT2D eigenvalue weighted by molar-refractivity contribution is 5.76. The van der Waals surface area contributed by atoms with Gasteiger partial charge in [-0.05, 0) is 37.7 Å². The topological polar surface area (TPSA) is 128 Å². The molecule has 290 valence electrons. The summed E-state index contributed by atoms with van der Waals surface area (Å²) in [5.74, 6) is -0.577. The van der Waals surface area contributed by atoms with Crippen LogP contribution in [-0.4, -0.2) is 76.3 Å². The van der Waals surface area contributed by atoms with Gasteiger partial charge in [0.05, 0.1) is 31.5 Å². The van der Waals surface area contributed by atoms with Gasteiger partial charge in [0.25, 0.3) is 0 Å². The van der Waals surface area contributed by atoms with Crippen molar-refractivity contribution < 1.29 is 34.7 Å². The molecular weight excluding hydrogens is 630 g/mol.